The molecule has 0 radical (unpaired) electrons. The number of carbonyl (C=O) groups is 1. The van der Waals surface area contributed by atoms with Gasteiger partial charge in [0.15, 0.2) is 5.82 Å². The van der Waals surface area contributed by atoms with E-state index < -0.39 is 12.5 Å². The Hall–Kier alpha value is -4.39. The number of rotatable bonds is 9. The lowest BCUT2D eigenvalue weighted by Gasteiger charge is -2.09. The molecular weight excluding hydrogens is 460 g/mol. The molecule has 182 valence electrons. The number of nitrogens with zero attached hydrogens (tertiary/aromatic N) is 3. The van der Waals surface area contributed by atoms with Gasteiger partial charge in [0.25, 0.3) is 0 Å². The van der Waals surface area contributed by atoms with Crippen LogP contribution in [0.3, 0.4) is 0 Å². The quantitative estimate of drug-likeness (QED) is 0.196. The van der Waals surface area contributed by atoms with E-state index in [0.29, 0.717) is 30.1 Å². The lowest BCUT2D eigenvalue weighted by Crippen LogP contribution is -2.04. The van der Waals surface area contributed by atoms with E-state index in [4.69, 9.17) is 4.74 Å². The minimum Gasteiger partial charge on any atom is -0.462 e. The van der Waals surface area contributed by atoms with Crippen LogP contribution in [-0.4, -0.2) is 33.8 Å². The molecule has 2 heterocycles. The van der Waals surface area contributed by atoms with E-state index in [-0.39, 0.29) is 17.4 Å². The molecule has 7 heteroatoms. The van der Waals surface area contributed by atoms with Crippen LogP contribution in [0.25, 0.3) is 28.1 Å². The number of hydrogen-bond donors (Lipinski definition) is 0. The molecule has 0 aromatic heterocycles. The van der Waals surface area contributed by atoms with Crippen LogP contribution in [0.5, 0.6) is 0 Å². The maximum atomic E-state index is 14.1. The first-order chi connectivity index (χ1) is 17.5. The number of hydrogen-bond acceptors (Lipinski definition) is 4. The maximum absolute atomic E-state index is 14.1. The van der Waals surface area contributed by atoms with Crippen LogP contribution in [0.2, 0.25) is 0 Å². The summed E-state index contributed by atoms with van der Waals surface area (Å²) in [5.41, 5.74) is 4.81. The molecule has 4 rings (SSSR count). The highest BCUT2D eigenvalue weighted by Crippen LogP contribution is 2.26. The average Bonchev–Trinajstić information content (AvgIpc) is 3.32. The van der Waals surface area contributed by atoms with Crippen molar-refractivity contribution in [2.45, 2.75) is 13.5 Å². The summed E-state index contributed by atoms with van der Waals surface area (Å²) in [5.74, 6) is -1.12. The SMILES string of the molecule is C=C/C=C\C(=C(\F)CF)c1nc2ccn(Cc3ccc(-c4ccc(C(=O)OCC)cc4)cc3)cc-2n1. The summed E-state index contributed by atoms with van der Waals surface area (Å²) in [5, 5.41) is 0. The number of ether oxygens (including phenoxy) is 1. The number of halogens is 2. The molecule has 0 atom stereocenters. The fraction of sp³-hybridized carbons (Fsp3) is 0.138. The highest BCUT2D eigenvalue weighted by atomic mass is 19.2. The second-order valence-electron chi connectivity index (χ2n) is 7.98. The third-order valence-electron chi connectivity index (χ3n) is 5.53. The van der Waals surface area contributed by atoms with Crippen LogP contribution >= 0.6 is 0 Å². The summed E-state index contributed by atoms with van der Waals surface area (Å²) in [6.07, 6.45) is 8.11. The zero-order chi connectivity index (χ0) is 25.5. The molecule has 0 saturated carbocycles. The van der Waals surface area contributed by atoms with Gasteiger partial charge in [0.2, 0.25) is 0 Å². The summed E-state index contributed by atoms with van der Waals surface area (Å²) in [7, 11) is 0. The molecule has 0 N–H and O–H groups in total. The molecule has 0 aliphatic carbocycles. The first-order valence-electron chi connectivity index (χ1n) is 11.5. The molecule has 2 aromatic rings. The second-order valence-corrected chi connectivity index (χ2v) is 7.98. The van der Waals surface area contributed by atoms with Gasteiger partial charge < -0.3 is 9.30 Å². The summed E-state index contributed by atoms with van der Waals surface area (Å²) in [6, 6.07) is 17.2. The highest BCUT2D eigenvalue weighted by molar-refractivity contribution is 5.90. The smallest absolute Gasteiger partial charge is 0.338 e. The number of esters is 1. The molecule has 0 unspecified atom stereocenters. The van der Waals surface area contributed by atoms with Gasteiger partial charge in [0.05, 0.1) is 23.4 Å². The van der Waals surface area contributed by atoms with Gasteiger partial charge in [-0.2, -0.15) is 0 Å². The van der Waals surface area contributed by atoms with E-state index in [9.17, 15) is 13.6 Å². The minimum atomic E-state index is -1.23. The summed E-state index contributed by atoms with van der Waals surface area (Å²) in [6.45, 7) is 5.05. The van der Waals surface area contributed by atoms with Gasteiger partial charge in [-0.05, 0) is 47.9 Å². The predicted octanol–water partition coefficient (Wildman–Crippen LogP) is 6.67. The van der Waals surface area contributed by atoms with Crippen molar-refractivity contribution in [3.63, 3.8) is 0 Å². The molecule has 5 nitrogen and oxygen atoms in total. The van der Waals surface area contributed by atoms with Gasteiger partial charge in [-0.3, -0.25) is 0 Å². The molecule has 0 amide bonds. The zero-order valence-corrected chi connectivity index (χ0v) is 19.8. The largest absolute Gasteiger partial charge is 0.462 e. The molecule has 0 bridgehead atoms. The molecule has 0 fully saturated rings. The number of allylic oxidation sites excluding steroid dienone is 5. The van der Waals surface area contributed by atoms with Crippen LogP contribution in [0.15, 0.2) is 97.6 Å². The van der Waals surface area contributed by atoms with Crippen molar-refractivity contribution >= 4 is 11.5 Å². The Morgan fingerprint density at radius 2 is 1.69 bits per heavy atom. The summed E-state index contributed by atoms with van der Waals surface area (Å²) in [4.78, 5) is 20.6. The van der Waals surface area contributed by atoms with Crippen LogP contribution in [0.1, 0.15) is 28.7 Å². The van der Waals surface area contributed by atoms with Crippen molar-refractivity contribution in [2.75, 3.05) is 13.3 Å². The lowest BCUT2D eigenvalue weighted by atomic mass is 10.0. The fourth-order valence-electron chi connectivity index (χ4n) is 3.72. The first kappa shape index (κ1) is 24.7. The Labute approximate surface area is 208 Å². The van der Waals surface area contributed by atoms with Gasteiger partial charge in [0.1, 0.15) is 18.2 Å². The lowest BCUT2D eigenvalue weighted by molar-refractivity contribution is 0.0526. The van der Waals surface area contributed by atoms with E-state index in [1.165, 1.54) is 18.2 Å². The topological polar surface area (TPSA) is 57.0 Å². The Kier molecular flexibility index (Phi) is 7.80. The Bertz CT molecular complexity index is 1390. The molecule has 0 saturated heterocycles. The molecular formula is C29H25F2N3O2. The minimum absolute atomic E-state index is 0.00558. The highest BCUT2D eigenvalue weighted by Gasteiger charge is 2.16. The fourth-order valence-corrected chi connectivity index (χ4v) is 3.72. The van der Waals surface area contributed by atoms with Gasteiger partial charge >= 0.3 is 5.97 Å². The van der Waals surface area contributed by atoms with E-state index >= 15 is 0 Å². The normalized spacial score (nSPS) is 12.1. The number of aromatic nitrogens is 3. The second kappa shape index (κ2) is 11.4. The van der Waals surface area contributed by atoms with Crippen molar-refractivity contribution < 1.29 is 18.3 Å². The number of carbonyl (C=O) groups excluding carboxylic acids is 1. The number of alkyl halides is 1. The Morgan fingerprint density at radius 3 is 2.33 bits per heavy atom. The average molecular weight is 486 g/mol. The van der Waals surface area contributed by atoms with Crippen molar-refractivity contribution in [1.82, 2.24) is 14.5 Å². The van der Waals surface area contributed by atoms with E-state index in [1.807, 2.05) is 53.4 Å². The predicted molar refractivity (Wildman–Crippen MR) is 137 cm³/mol. The summed E-state index contributed by atoms with van der Waals surface area (Å²) < 4.78 is 34.0. The van der Waals surface area contributed by atoms with E-state index in [2.05, 4.69) is 16.5 Å². The van der Waals surface area contributed by atoms with Gasteiger partial charge in [0, 0.05) is 18.9 Å². The van der Waals surface area contributed by atoms with Crippen molar-refractivity contribution in [1.29, 1.82) is 0 Å². The molecule has 0 spiro atoms. The van der Waals surface area contributed by atoms with Gasteiger partial charge in [-0.15, -0.1) is 0 Å². The van der Waals surface area contributed by atoms with Crippen LogP contribution in [0.4, 0.5) is 8.78 Å². The summed E-state index contributed by atoms with van der Waals surface area (Å²) >= 11 is 0. The molecule has 2 aliphatic rings. The zero-order valence-electron chi connectivity index (χ0n) is 19.8. The monoisotopic (exact) mass is 485 g/mol. The van der Waals surface area contributed by atoms with Gasteiger partial charge in [-0.1, -0.05) is 55.1 Å². The van der Waals surface area contributed by atoms with Crippen molar-refractivity contribution in [3.05, 3.63) is 115 Å². The number of imidazole rings is 1. The van der Waals surface area contributed by atoms with Gasteiger partial charge in [-0.25, -0.2) is 23.5 Å². The Balaban J connectivity index is 1.51. The molecule has 2 aromatic carbocycles. The Morgan fingerprint density at radius 1 is 1.03 bits per heavy atom. The van der Waals surface area contributed by atoms with Crippen LogP contribution in [-0.2, 0) is 11.3 Å². The van der Waals surface area contributed by atoms with Crippen molar-refractivity contribution in [3.8, 4) is 22.5 Å². The standard InChI is InChI=1S/C29H25F2N3O2/c1-3-5-6-24(25(31)17-30)28-32-26-15-16-34(19-27(26)33-28)18-20-7-9-21(10-8-20)22-11-13-23(14-12-22)29(35)36-4-2/h3,5-16,19H,1,4,17-18H2,2H3/b6-5-,25-24-. The number of fused-ring (bicyclic) bond motifs is 1. The van der Waals surface area contributed by atoms with E-state index in [0.717, 1.165) is 16.7 Å². The number of pyridine rings is 1. The third kappa shape index (κ3) is 5.63. The van der Waals surface area contributed by atoms with Crippen molar-refractivity contribution in [2.24, 2.45) is 0 Å². The third-order valence-corrected chi connectivity index (χ3v) is 5.53. The molecule has 36 heavy (non-hydrogen) atoms. The van der Waals surface area contributed by atoms with E-state index in [1.54, 1.807) is 25.1 Å². The number of benzene rings is 2. The first-order valence-corrected chi connectivity index (χ1v) is 11.5. The molecule has 2 aliphatic heterocycles. The van der Waals surface area contributed by atoms with Crippen LogP contribution < -0.4 is 0 Å². The maximum Gasteiger partial charge on any atom is 0.338 e. The van der Waals surface area contributed by atoms with Crippen LogP contribution in [0, 0.1) is 0 Å².